The van der Waals surface area contributed by atoms with Crippen LogP contribution in [0, 0.1) is 10.8 Å². The maximum Gasteiger partial charge on any atom is -0.00378 e. The quantitative estimate of drug-likeness (QED) is 0.301. The van der Waals surface area contributed by atoms with E-state index in [1.165, 1.54) is 44.5 Å². The van der Waals surface area contributed by atoms with Crippen molar-refractivity contribution in [1.82, 2.24) is 0 Å². The molecule has 3 aromatic carbocycles. The lowest BCUT2D eigenvalue weighted by Crippen LogP contribution is -2.49. The van der Waals surface area contributed by atoms with Crippen LogP contribution in [0.1, 0.15) is 105 Å². The van der Waals surface area contributed by atoms with Gasteiger partial charge in [-0.25, -0.2) is 0 Å². The fourth-order valence-corrected chi connectivity index (χ4v) is 7.51. The van der Waals surface area contributed by atoms with E-state index in [4.69, 9.17) is 0 Å². The largest absolute Gasteiger partial charge is 0.0619 e. The molecule has 0 saturated heterocycles. The molecule has 3 aromatic rings. The first-order valence-corrected chi connectivity index (χ1v) is 13.8. The van der Waals surface area contributed by atoms with Crippen molar-refractivity contribution >= 4 is 0 Å². The summed E-state index contributed by atoms with van der Waals surface area (Å²) in [6, 6.07) is 23.6. The molecule has 0 unspecified atom stereocenters. The monoisotopic (exact) mass is 478 g/mol. The van der Waals surface area contributed by atoms with Gasteiger partial charge in [-0.15, -0.1) is 0 Å². The van der Waals surface area contributed by atoms with Gasteiger partial charge in [0.25, 0.3) is 0 Å². The van der Waals surface area contributed by atoms with Crippen LogP contribution in [0.2, 0.25) is 0 Å². The predicted molar refractivity (Wildman–Crippen MR) is 157 cm³/mol. The molecule has 0 saturated carbocycles. The second-order valence-electron chi connectivity index (χ2n) is 14.8. The average Bonchev–Trinajstić information content (AvgIpc) is 2.87. The molecular weight excluding hydrogens is 432 g/mol. The molecule has 0 atom stereocenters. The SMILES string of the molecule is CC1(C)c2ccccc2-c2cc3c(cc2C(C)(C)C1(C)C)-c1ccccc1C(C)(C)C(C)(C)C3(C)C. The Hall–Kier alpha value is -2.34. The van der Waals surface area contributed by atoms with Gasteiger partial charge >= 0.3 is 0 Å². The Labute approximate surface area is 220 Å². The van der Waals surface area contributed by atoms with Gasteiger partial charge in [0.2, 0.25) is 0 Å². The Bertz CT molecular complexity index is 1260. The standard InChI is InChI=1S/C36H46/c1-31(2)27-19-15-13-17-23(27)25-21-30-26(22-29(25)33(5,6)35(31,9)10)24-18-14-16-20-28(24)32(3,4)36(11,12)34(30,7)8/h13-22H,1-12H3. The minimum absolute atomic E-state index is 0.0121. The van der Waals surface area contributed by atoms with Crippen molar-refractivity contribution in [1.29, 1.82) is 0 Å². The summed E-state index contributed by atoms with van der Waals surface area (Å²) in [5, 5.41) is 0. The van der Waals surface area contributed by atoms with Crippen molar-refractivity contribution in [3.8, 4) is 22.3 Å². The number of fused-ring (bicyclic) bond motifs is 6. The zero-order valence-corrected chi connectivity index (χ0v) is 24.8. The fourth-order valence-electron chi connectivity index (χ4n) is 7.51. The minimum atomic E-state index is -0.0314. The van der Waals surface area contributed by atoms with E-state index >= 15 is 0 Å². The molecule has 0 heteroatoms. The second kappa shape index (κ2) is 7.15. The molecule has 0 spiro atoms. The first-order valence-electron chi connectivity index (χ1n) is 13.8. The molecular formula is C36H46. The molecule has 0 nitrogen and oxygen atoms in total. The summed E-state index contributed by atoms with van der Waals surface area (Å²) in [4.78, 5) is 0. The van der Waals surface area contributed by atoms with E-state index in [0.717, 1.165) is 0 Å². The van der Waals surface area contributed by atoms with E-state index in [1.54, 1.807) is 0 Å². The Morgan fingerprint density at radius 3 is 0.944 bits per heavy atom. The molecule has 0 fully saturated rings. The molecule has 2 aliphatic carbocycles. The van der Waals surface area contributed by atoms with Crippen LogP contribution >= 0.6 is 0 Å². The van der Waals surface area contributed by atoms with Crippen LogP contribution in [0.4, 0.5) is 0 Å². The van der Waals surface area contributed by atoms with Gasteiger partial charge in [0.05, 0.1) is 0 Å². The summed E-state index contributed by atoms with van der Waals surface area (Å²) in [5.41, 5.74) is 11.6. The van der Waals surface area contributed by atoms with E-state index in [2.05, 4.69) is 144 Å². The van der Waals surface area contributed by atoms with E-state index < -0.39 is 0 Å². The van der Waals surface area contributed by atoms with Crippen molar-refractivity contribution in [2.45, 2.75) is 105 Å². The lowest BCUT2D eigenvalue weighted by atomic mass is 9.51. The lowest BCUT2D eigenvalue weighted by Gasteiger charge is -2.52. The van der Waals surface area contributed by atoms with Gasteiger partial charge in [-0.05, 0) is 89.1 Å². The molecule has 0 aromatic heterocycles. The Kier molecular flexibility index (Phi) is 5.03. The molecule has 0 N–H and O–H groups in total. The third-order valence-electron chi connectivity index (χ3n) is 12.5. The van der Waals surface area contributed by atoms with Crippen molar-refractivity contribution in [3.05, 3.63) is 82.9 Å². The maximum atomic E-state index is 2.60. The minimum Gasteiger partial charge on any atom is -0.0619 e. The van der Waals surface area contributed by atoms with Crippen LogP contribution in [-0.4, -0.2) is 0 Å². The van der Waals surface area contributed by atoms with E-state index in [1.807, 2.05) is 0 Å². The molecule has 190 valence electrons. The molecule has 0 aliphatic heterocycles. The van der Waals surface area contributed by atoms with Crippen molar-refractivity contribution < 1.29 is 0 Å². The number of hydrogen-bond donors (Lipinski definition) is 0. The van der Waals surface area contributed by atoms with Crippen LogP contribution < -0.4 is 0 Å². The summed E-state index contributed by atoms with van der Waals surface area (Å²) in [7, 11) is 0. The Morgan fingerprint density at radius 1 is 0.333 bits per heavy atom. The zero-order valence-electron chi connectivity index (χ0n) is 24.8. The van der Waals surface area contributed by atoms with Crippen molar-refractivity contribution in [2.24, 2.45) is 10.8 Å². The van der Waals surface area contributed by atoms with Gasteiger partial charge in [0.1, 0.15) is 0 Å². The normalized spacial score (nSPS) is 23.2. The third-order valence-corrected chi connectivity index (χ3v) is 12.5. The van der Waals surface area contributed by atoms with Gasteiger partial charge in [-0.3, -0.25) is 0 Å². The summed E-state index contributed by atoms with van der Waals surface area (Å²) in [6.07, 6.45) is 0. The summed E-state index contributed by atoms with van der Waals surface area (Å²) in [6.45, 7) is 29.7. The van der Waals surface area contributed by atoms with E-state index in [0.29, 0.717) is 0 Å². The smallest absolute Gasteiger partial charge is 0.00378 e. The Morgan fingerprint density at radius 2 is 0.611 bits per heavy atom. The number of hydrogen-bond acceptors (Lipinski definition) is 0. The van der Waals surface area contributed by atoms with E-state index in [-0.39, 0.29) is 32.5 Å². The lowest BCUT2D eigenvalue weighted by molar-refractivity contribution is 0.0933. The van der Waals surface area contributed by atoms with Gasteiger partial charge in [0.15, 0.2) is 0 Å². The van der Waals surface area contributed by atoms with Crippen LogP contribution in [-0.2, 0) is 21.7 Å². The van der Waals surface area contributed by atoms with Crippen LogP contribution in [0.5, 0.6) is 0 Å². The van der Waals surface area contributed by atoms with Gasteiger partial charge in [0, 0.05) is 0 Å². The highest BCUT2D eigenvalue weighted by Crippen LogP contribution is 2.63. The van der Waals surface area contributed by atoms with Crippen LogP contribution in [0.15, 0.2) is 60.7 Å². The summed E-state index contributed by atoms with van der Waals surface area (Å²) >= 11 is 0. The highest BCUT2D eigenvalue weighted by molar-refractivity contribution is 5.84. The number of rotatable bonds is 0. The van der Waals surface area contributed by atoms with Crippen molar-refractivity contribution in [2.75, 3.05) is 0 Å². The molecule has 0 bridgehead atoms. The third kappa shape index (κ3) is 2.77. The summed E-state index contributed by atoms with van der Waals surface area (Å²) < 4.78 is 0. The molecule has 0 amide bonds. The fraction of sp³-hybridized carbons (Fsp3) is 0.500. The van der Waals surface area contributed by atoms with Crippen LogP contribution in [0.25, 0.3) is 22.3 Å². The predicted octanol–water partition coefficient (Wildman–Crippen LogP) is 10.2. The molecule has 2 aliphatic rings. The average molecular weight is 479 g/mol. The first-order chi connectivity index (χ1) is 16.4. The zero-order chi connectivity index (χ0) is 26.7. The van der Waals surface area contributed by atoms with Crippen LogP contribution in [0.3, 0.4) is 0 Å². The maximum absolute atomic E-state index is 2.60. The van der Waals surface area contributed by atoms with E-state index in [9.17, 15) is 0 Å². The van der Waals surface area contributed by atoms with Gasteiger partial charge in [-0.1, -0.05) is 132 Å². The van der Waals surface area contributed by atoms with Gasteiger partial charge < -0.3 is 0 Å². The molecule has 5 rings (SSSR count). The first kappa shape index (κ1) is 25.3. The van der Waals surface area contributed by atoms with Gasteiger partial charge in [-0.2, -0.15) is 0 Å². The highest BCUT2D eigenvalue weighted by Gasteiger charge is 2.56. The highest BCUT2D eigenvalue weighted by atomic mass is 14.6. The summed E-state index contributed by atoms with van der Waals surface area (Å²) in [5.74, 6) is 0. The van der Waals surface area contributed by atoms with Crippen molar-refractivity contribution in [3.63, 3.8) is 0 Å². The topological polar surface area (TPSA) is 0 Å². The molecule has 36 heavy (non-hydrogen) atoms. The number of benzene rings is 3. The molecule has 0 heterocycles. The second-order valence-corrected chi connectivity index (χ2v) is 14.8. The molecule has 0 radical (unpaired) electrons. The Balaban J connectivity index is 2.00.